The molecule has 92 valence electrons. The van der Waals surface area contributed by atoms with Gasteiger partial charge in [-0.2, -0.15) is 0 Å². The lowest BCUT2D eigenvalue weighted by molar-refractivity contribution is 0.393. The van der Waals surface area contributed by atoms with Crippen LogP contribution in [0.15, 0.2) is 24.5 Å². The van der Waals surface area contributed by atoms with Crippen molar-refractivity contribution < 1.29 is 0 Å². The van der Waals surface area contributed by atoms with Gasteiger partial charge >= 0.3 is 0 Å². The first-order valence-electron chi connectivity index (χ1n) is 6.30. The molecule has 0 aromatic carbocycles. The second-order valence-electron chi connectivity index (χ2n) is 5.07. The number of pyridine rings is 1. The SMILES string of the molecule is CC(C)C(C)CNCc1c[nH]c2ncccc12. The molecule has 3 heteroatoms. The van der Waals surface area contributed by atoms with Crippen molar-refractivity contribution in [2.24, 2.45) is 11.8 Å². The van der Waals surface area contributed by atoms with E-state index in [9.17, 15) is 0 Å². The van der Waals surface area contributed by atoms with Gasteiger partial charge < -0.3 is 10.3 Å². The zero-order chi connectivity index (χ0) is 12.3. The van der Waals surface area contributed by atoms with Crippen LogP contribution in [0.3, 0.4) is 0 Å². The molecule has 2 N–H and O–H groups in total. The Balaban J connectivity index is 1.95. The fraction of sp³-hybridized carbons (Fsp3) is 0.500. The highest BCUT2D eigenvalue weighted by Crippen LogP contribution is 2.15. The largest absolute Gasteiger partial charge is 0.346 e. The molecule has 0 aliphatic heterocycles. The van der Waals surface area contributed by atoms with Crippen LogP contribution in [-0.2, 0) is 6.54 Å². The van der Waals surface area contributed by atoms with Crippen LogP contribution < -0.4 is 5.32 Å². The Morgan fingerprint density at radius 1 is 1.35 bits per heavy atom. The van der Waals surface area contributed by atoms with Crippen molar-refractivity contribution in [2.45, 2.75) is 27.3 Å². The van der Waals surface area contributed by atoms with E-state index in [0.717, 1.165) is 24.7 Å². The van der Waals surface area contributed by atoms with E-state index in [4.69, 9.17) is 0 Å². The van der Waals surface area contributed by atoms with Crippen LogP contribution in [0.4, 0.5) is 0 Å². The first kappa shape index (κ1) is 12.1. The summed E-state index contributed by atoms with van der Waals surface area (Å²) in [4.78, 5) is 7.49. The summed E-state index contributed by atoms with van der Waals surface area (Å²) in [5.41, 5.74) is 2.27. The minimum Gasteiger partial charge on any atom is -0.346 e. The van der Waals surface area contributed by atoms with Crippen LogP contribution >= 0.6 is 0 Å². The second kappa shape index (κ2) is 5.32. The maximum absolute atomic E-state index is 4.29. The molecular weight excluding hydrogens is 210 g/mol. The molecule has 0 bridgehead atoms. The zero-order valence-electron chi connectivity index (χ0n) is 10.8. The summed E-state index contributed by atoms with van der Waals surface area (Å²) < 4.78 is 0. The van der Waals surface area contributed by atoms with E-state index in [2.05, 4.69) is 42.1 Å². The lowest BCUT2D eigenvalue weighted by Gasteiger charge is -2.15. The number of hydrogen-bond acceptors (Lipinski definition) is 2. The normalized spacial score (nSPS) is 13.4. The van der Waals surface area contributed by atoms with Crippen molar-refractivity contribution in [1.82, 2.24) is 15.3 Å². The van der Waals surface area contributed by atoms with Gasteiger partial charge in [-0.25, -0.2) is 4.98 Å². The summed E-state index contributed by atoms with van der Waals surface area (Å²) in [5, 5.41) is 4.73. The van der Waals surface area contributed by atoms with Gasteiger partial charge in [0.2, 0.25) is 0 Å². The van der Waals surface area contributed by atoms with Gasteiger partial charge in [-0.15, -0.1) is 0 Å². The predicted octanol–water partition coefficient (Wildman–Crippen LogP) is 2.94. The predicted molar refractivity (Wildman–Crippen MR) is 71.8 cm³/mol. The summed E-state index contributed by atoms with van der Waals surface area (Å²) >= 11 is 0. The molecule has 2 aromatic rings. The molecule has 17 heavy (non-hydrogen) atoms. The summed E-state index contributed by atoms with van der Waals surface area (Å²) in [6, 6.07) is 4.10. The molecule has 0 amide bonds. The number of nitrogens with zero attached hydrogens (tertiary/aromatic N) is 1. The molecule has 0 radical (unpaired) electrons. The van der Waals surface area contributed by atoms with Crippen LogP contribution in [0.5, 0.6) is 0 Å². The van der Waals surface area contributed by atoms with Gasteiger partial charge in [0.15, 0.2) is 0 Å². The van der Waals surface area contributed by atoms with Gasteiger partial charge in [0.25, 0.3) is 0 Å². The van der Waals surface area contributed by atoms with Gasteiger partial charge in [0, 0.05) is 24.3 Å². The van der Waals surface area contributed by atoms with Gasteiger partial charge in [-0.05, 0) is 36.1 Å². The molecule has 0 aliphatic carbocycles. The molecular formula is C14H21N3. The smallest absolute Gasteiger partial charge is 0.137 e. The molecule has 0 saturated carbocycles. The van der Waals surface area contributed by atoms with Crippen LogP contribution in [0.25, 0.3) is 11.0 Å². The van der Waals surface area contributed by atoms with E-state index in [1.165, 1.54) is 10.9 Å². The molecule has 0 fully saturated rings. The third kappa shape index (κ3) is 2.86. The molecule has 2 rings (SSSR count). The molecule has 1 unspecified atom stereocenters. The Kier molecular flexibility index (Phi) is 3.79. The van der Waals surface area contributed by atoms with E-state index in [1.807, 2.05) is 18.5 Å². The number of rotatable bonds is 5. The fourth-order valence-electron chi connectivity index (χ4n) is 1.83. The first-order chi connectivity index (χ1) is 8.18. The number of aromatic amines is 1. The number of fused-ring (bicyclic) bond motifs is 1. The highest BCUT2D eigenvalue weighted by atomic mass is 14.9. The summed E-state index contributed by atoms with van der Waals surface area (Å²) in [6.45, 7) is 8.78. The lowest BCUT2D eigenvalue weighted by atomic mass is 9.98. The average molecular weight is 231 g/mol. The molecule has 2 aromatic heterocycles. The molecule has 1 atom stereocenters. The topological polar surface area (TPSA) is 40.7 Å². The van der Waals surface area contributed by atoms with Crippen LogP contribution in [0.1, 0.15) is 26.3 Å². The van der Waals surface area contributed by atoms with E-state index in [0.29, 0.717) is 5.92 Å². The molecule has 0 spiro atoms. The van der Waals surface area contributed by atoms with Gasteiger partial charge in [0.1, 0.15) is 5.65 Å². The third-order valence-electron chi connectivity index (χ3n) is 3.46. The quantitative estimate of drug-likeness (QED) is 0.830. The minimum absolute atomic E-state index is 0.707. The number of aromatic nitrogens is 2. The second-order valence-corrected chi connectivity index (χ2v) is 5.07. The molecule has 3 nitrogen and oxygen atoms in total. The Hall–Kier alpha value is -1.35. The van der Waals surface area contributed by atoms with Crippen molar-refractivity contribution in [3.8, 4) is 0 Å². The summed E-state index contributed by atoms with van der Waals surface area (Å²) in [6.07, 6.45) is 3.86. The number of nitrogens with one attached hydrogen (secondary N) is 2. The summed E-state index contributed by atoms with van der Waals surface area (Å²) in [5.74, 6) is 1.44. The lowest BCUT2D eigenvalue weighted by Crippen LogP contribution is -2.23. The Morgan fingerprint density at radius 3 is 2.94 bits per heavy atom. The molecule has 0 aliphatic rings. The van der Waals surface area contributed by atoms with Crippen LogP contribution in [0.2, 0.25) is 0 Å². The standard InChI is InChI=1S/C14H21N3/c1-10(2)11(3)7-15-8-12-9-17-14-13(12)5-4-6-16-14/h4-6,9-11,15H,7-8H2,1-3H3,(H,16,17). The van der Waals surface area contributed by atoms with Crippen LogP contribution in [-0.4, -0.2) is 16.5 Å². The van der Waals surface area contributed by atoms with Crippen molar-refractivity contribution >= 4 is 11.0 Å². The Labute approximate surface area is 103 Å². The van der Waals surface area contributed by atoms with Gasteiger partial charge in [0.05, 0.1) is 0 Å². The van der Waals surface area contributed by atoms with Crippen molar-refractivity contribution in [3.05, 3.63) is 30.1 Å². The maximum atomic E-state index is 4.29. The molecule has 2 heterocycles. The van der Waals surface area contributed by atoms with E-state index in [-0.39, 0.29) is 0 Å². The monoisotopic (exact) mass is 231 g/mol. The minimum atomic E-state index is 0.707. The van der Waals surface area contributed by atoms with E-state index >= 15 is 0 Å². The zero-order valence-corrected chi connectivity index (χ0v) is 10.8. The van der Waals surface area contributed by atoms with Crippen molar-refractivity contribution in [1.29, 1.82) is 0 Å². The summed E-state index contributed by atoms with van der Waals surface area (Å²) in [7, 11) is 0. The first-order valence-corrected chi connectivity index (χ1v) is 6.30. The van der Waals surface area contributed by atoms with Crippen LogP contribution in [0, 0.1) is 11.8 Å². The third-order valence-corrected chi connectivity index (χ3v) is 3.46. The number of H-pyrrole nitrogens is 1. The fourth-order valence-corrected chi connectivity index (χ4v) is 1.83. The van der Waals surface area contributed by atoms with E-state index in [1.54, 1.807) is 0 Å². The maximum Gasteiger partial charge on any atom is 0.137 e. The molecule has 0 saturated heterocycles. The highest BCUT2D eigenvalue weighted by molar-refractivity contribution is 5.79. The van der Waals surface area contributed by atoms with Crippen molar-refractivity contribution in [3.63, 3.8) is 0 Å². The van der Waals surface area contributed by atoms with Gasteiger partial charge in [-0.1, -0.05) is 20.8 Å². The van der Waals surface area contributed by atoms with Crippen molar-refractivity contribution in [2.75, 3.05) is 6.54 Å². The highest BCUT2D eigenvalue weighted by Gasteiger charge is 2.07. The average Bonchev–Trinajstić information content (AvgIpc) is 2.72. The Bertz CT molecular complexity index is 473. The van der Waals surface area contributed by atoms with E-state index < -0.39 is 0 Å². The number of hydrogen-bond donors (Lipinski definition) is 2. The Morgan fingerprint density at radius 2 is 2.18 bits per heavy atom. The van der Waals surface area contributed by atoms with Gasteiger partial charge in [-0.3, -0.25) is 0 Å².